The summed E-state index contributed by atoms with van der Waals surface area (Å²) in [6.45, 7) is 3.26. The Kier molecular flexibility index (Phi) is 6.68. The van der Waals surface area contributed by atoms with E-state index in [-0.39, 0.29) is 5.91 Å². The molecule has 0 aromatic heterocycles. The Labute approximate surface area is 164 Å². The Balaban J connectivity index is 1.58. The van der Waals surface area contributed by atoms with Gasteiger partial charge in [-0.15, -0.1) is 0 Å². The number of carbonyl (C=O) groups excluding carboxylic acids is 2. The molecule has 0 saturated carbocycles. The first kappa shape index (κ1) is 19.6. The van der Waals surface area contributed by atoms with Gasteiger partial charge in [0.05, 0.1) is 4.91 Å². The van der Waals surface area contributed by atoms with Crippen LogP contribution < -0.4 is 10.2 Å². The van der Waals surface area contributed by atoms with Gasteiger partial charge < -0.3 is 15.1 Å². The van der Waals surface area contributed by atoms with Crippen LogP contribution in [0.1, 0.15) is 24.8 Å². The fraction of sp³-hybridized carbons (Fsp3) is 0.450. The summed E-state index contributed by atoms with van der Waals surface area (Å²) in [5.41, 5.74) is 2.11. The molecule has 2 aliphatic rings. The summed E-state index contributed by atoms with van der Waals surface area (Å²) in [4.78, 5) is 33.0. The van der Waals surface area contributed by atoms with E-state index in [0.29, 0.717) is 35.2 Å². The van der Waals surface area contributed by atoms with Crippen LogP contribution in [0.3, 0.4) is 0 Å². The van der Waals surface area contributed by atoms with Crippen LogP contribution in [-0.2, 0) is 9.59 Å². The monoisotopic (exact) mass is 386 g/mol. The van der Waals surface area contributed by atoms with Crippen molar-refractivity contribution in [2.45, 2.75) is 19.3 Å². The Bertz CT molecular complexity index is 746. The molecule has 6 nitrogen and oxygen atoms in total. The van der Waals surface area contributed by atoms with Crippen LogP contribution in [-0.4, -0.2) is 62.0 Å². The van der Waals surface area contributed by atoms with Crippen molar-refractivity contribution in [3.63, 3.8) is 0 Å². The van der Waals surface area contributed by atoms with E-state index in [1.54, 1.807) is 0 Å². The quantitative estimate of drug-likeness (QED) is 0.601. The van der Waals surface area contributed by atoms with Crippen LogP contribution in [0.2, 0.25) is 0 Å². The minimum absolute atomic E-state index is 0.0926. The lowest BCUT2D eigenvalue weighted by Crippen LogP contribution is -2.33. The van der Waals surface area contributed by atoms with E-state index in [4.69, 9.17) is 0 Å². The van der Waals surface area contributed by atoms with E-state index in [1.165, 1.54) is 11.8 Å². The molecule has 27 heavy (non-hydrogen) atoms. The average Bonchev–Trinajstić information content (AvgIpc) is 2.99. The molecule has 0 spiro atoms. The molecule has 1 aromatic rings. The topological polar surface area (TPSA) is 65.0 Å². The predicted molar refractivity (Wildman–Crippen MR) is 112 cm³/mol. The fourth-order valence-corrected chi connectivity index (χ4v) is 3.86. The maximum absolute atomic E-state index is 12.1. The second kappa shape index (κ2) is 9.19. The van der Waals surface area contributed by atoms with Gasteiger partial charge in [0.1, 0.15) is 5.78 Å². The van der Waals surface area contributed by atoms with E-state index in [0.717, 1.165) is 37.3 Å². The van der Waals surface area contributed by atoms with Gasteiger partial charge in [-0.05, 0) is 62.6 Å². The van der Waals surface area contributed by atoms with Gasteiger partial charge in [0.25, 0.3) is 5.91 Å². The highest BCUT2D eigenvalue weighted by Gasteiger charge is 2.23. The number of hydrogen-bond donors (Lipinski definition) is 1. The molecule has 7 heteroatoms. The average molecular weight is 387 g/mol. The first-order valence-electron chi connectivity index (χ1n) is 9.28. The number of Topliss-reactive ketones (excluding diaryl/α,β-unsaturated/α-hetero) is 1. The van der Waals surface area contributed by atoms with Crippen molar-refractivity contribution in [2.24, 2.45) is 4.99 Å². The van der Waals surface area contributed by atoms with Gasteiger partial charge in [-0.25, -0.2) is 0 Å². The van der Waals surface area contributed by atoms with Crippen molar-refractivity contribution < 1.29 is 9.59 Å². The lowest BCUT2D eigenvalue weighted by atomic mass is 10.1. The number of carbonyl (C=O) groups is 2. The molecule has 1 N–H and O–H groups in total. The number of amides is 1. The number of hydrogen-bond acceptors (Lipinski definition) is 6. The van der Waals surface area contributed by atoms with Crippen LogP contribution >= 0.6 is 11.8 Å². The van der Waals surface area contributed by atoms with Crippen molar-refractivity contribution >= 4 is 40.4 Å². The van der Waals surface area contributed by atoms with E-state index in [9.17, 15) is 9.59 Å². The zero-order chi connectivity index (χ0) is 19.2. The smallest absolute Gasteiger partial charge is 0.264 e. The maximum atomic E-state index is 12.1. The van der Waals surface area contributed by atoms with Gasteiger partial charge in [0.15, 0.2) is 5.17 Å². The summed E-state index contributed by atoms with van der Waals surface area (Å²) < 4.78 is 0. The summed E-state index contributed by atoms with van der Waals surface area (Å²) in [5, 5.41) is 3.51. The summed E-state index contributed by atoms with van der Waals surface area (Å²) in [7, 11) is 4.08. The number of nitrogens with one attached hydrogen (secondary N) is 1. The highest BCUT2D eigenvalue weighted by Crippen LogP contribution is 2.27. The van der Waals surface area contributed by atoms with Crippen LogP contribution in [0.25, 0.3) is 6.08 Å². The summed E-state index contributed by atoms with van der Waals surface area (Å²) in [6.07, 6.45) is 4.11. The van der Waals surface area contributed by atoms with Gasteiger partial charge in [-0.2, -0.15) is 0 Å². The van der Waals surface area contributed by atoms with Gasteiger partial charge in [-0.3, -0.25) is 14.6 Å². The molecule has 2 aliphatic heterocycles. The number of nitrogens with zero attached hydrogens (tertiary/aromatic N) is 3. The first-order chi connectivity index (χ1) is 13.0. The Morgan fingerprint density at radius 2 is 1.89 bits per heavy atom. The molecule has 3 rings (SSSR count). The molecule has 2 fully saturated rings. The highest BCUT2D eigenvalue weighted by molar-refractivity contribution is 8.18. The zero-order valence-corrected chi connectivity index (χ0v) is 16.7. The second-order valence-corrected chi connectivity index (χ2v) is 8.06. The SMILES string of the molecule is CN(C)CCCN=C1NC(=O)/C(=C\c2ccc(N3CCC(=O)CC3)cc2)S1. The maximum Gasteiger partial charge on any atom is 0.264 e. The van der Waals surface area contributed by atoms with Gasteiger partial charge in [-0.1, -0.05) is 12.1 Å². The predicted octanol–water partition coefficient (Wildman–Crippen LogP) is 2.37. The Morgan fingerprint density at radius 1 is 1.19 bits per heavy atom. The van der Waals surface area contributed by atoms with E-state index in [2.05, 4.69) is 32.2 Å². The minimum atomic E-state index is -0.0926. The molecule has 2 saturated heterocycles. The molecule has 2 heterocycles. The standard InChI is InChI=1S/C20H26N4O2S/c1-23(2)11-3-10-21-20-22-19(26)18(27-20)14-15-4-6-16(7-5-15)24-12-8-17(25)9-13-24/h4-7,14H,3,8-13H2,1-2H3,(H,21,22,26)/b18-14+. The largest absolute Gasteiger partial charge is 0.371 e. The number of anilines is 1. The lowest BCUT2D eigenvalue weighted by molar-refractivity contribution is -0.119. The van der Waals surface area contributed by atoms with E-state index in [1.807, 2.05) is 32.3 Å². The highest BCUT2D eigenvalue weighted by atomic mass is 32.2. The number of amidine groups is 1. The molecule has 0 unspecified atom stereocenters. The van der Waals surface area contributed by atoms with Gasteiger partial charge in [0, 0.05) is 38.2 Å². The van der Waals surface area contributed by atoms with Crippen LogP contribution in [0.4, 0.5) is 5.69 Å². The molecule has 0 aliphatic carbocycles. The van der Waals surface area contributed by atoms with Crippen LogP contribution in [0.5, 0.6) is 0 Å². The third kappa shape index (κ3) is 5.68. The third-order valence-electron chi connectivity index (χ3n) is 4.55. The van der Waals surface area contributed by atoms with Crippen molar-refractivity contribution in [1.29, 1.82) is 0 Å². The third-order valence-corrected chi connectivity index (χ3v) is 5.49. The Hall–Kier alpha value is -2.12. The lowest BCUT2D eigenvalue weighted by Gasteiger charge is -2.28. The molecular formula is C20H26N4O2S. The van der Waals surface area contributed by atoms with Crippen LogP contribution in [0.15, 0.2) is 34.2 Å². The number of benzene rings is 1. The van der Waals surface area contributed by atoms with Gasteiger partial charge >= 0.3 is 0 Å². The Morgan fingerprint density at radius 3 is 2.56 bits per heavy atom. The molecule has 0 bridgehead atoms. The number of rotatable bonds is 6. The van der Waals surface area contributed by atoms with E-state index < -0.39 is 0 Å². The molecule has 1 aromatic carbocycles. The number of aliphatic imine (C=N–C) groups is 1. The van der Waals surface area contributed by atoms with Crippen molar-refractivity contribution in [1.82, 2.24) is 10.2 Å². The first-order valence-corrected chi connectivity index (χ1v) is 10.1. The van der Waals surface area contributed by atoms with Crippen molar-refractivity contribution in [2.75, 3.05) is 45.2 Å². The van der Waals surface area contributed by atoms with E-state index >= 15 is 0 Å². The number of thioether (sulfide) groups is 1. The second-order valence-electron chi connectivity index (χ2n) is 7.03. The fourth-order valence-electron chi connectivity index (χ4n) is 3.02. The summed E-state index contributed by atoms with van der Waals surface area (Å²) in [5.74, 6) is 0.251. The summed E-state index contributed by atoms with van der Waals surface area (Å²) >= 11 is 1.39. The van der Waals surface area contributed by atoms with Crippen molar-refractivity contribution in [3.05, 3.63) is 34.7 Å². The van der Waals surface area contributed by atoms with Crippen molar-refractivity contribution in [3.8, 4) is 0 Å². The number of piperidine rings is 1. The molecule has 0 radical (unpaired) electrons. The normalized spacial score (nSPS) is 20.8. The molecule has 144 valence electrons. The number of ketones is 1. The molecular weight excluding hydrogens is 360 g/mol. The molecule has 0 atom stereocenters. The zero-order valence-electron chi connectivity index (χ0n) is 15.9. The summed E-state index contributed by atoms with van der Waals surface area (Å²) in [6, 6.07) is 8.13. The molecule has 1 amide bonds. The van der Waals surface area contributed by atoms with Crippen LogP contribution in [0, 0.1) is 0 Å². The minimum Gasteiger partial charge on any atom is -0.371 e. The van der Waals surface area contributed by atoms with Gasteiger partial charge in [0.2, 0.25) is 0 Å².